The molecule has 4 nitrogen and oxygen atoms in total. The van der Waals surface area contributed by atoms with Crippen LogP contribution >= 0.6 is 0 Å². The van der Waals surface area contributed by atoms with Crippen LogP contribution in [-0.4, -0.2) is 13.7 Å². The summed E-state index contributed by atoms with van der Waals surface area (Å²) in [6, 6.07) is 153. The van der Waals surface area contributed by atoms with Crippen molar-refractivity contribution in [1.82, 2.24) is 13.7 Å². The molecule has 0 amide bonds. The molecule has 0 saturated heterocycles. The zero-order valence-electron chi connectivity index (χ0n) is 59.0. The maximum atomic E-state index is 10.5. The van der Waals surface area contributed by atoms with Crippen LogP contribution in [0.25, 0.3) is 160 Å². The first-order valence-electron chi connectivity index (χ1n) is 37.0. The van der Waals surface area contributed by atoms with Gasteiger partial charge in [0.25, 0.3) is 0 Å². The lowest BCUT2D eigenvalue weighted by molar-refractivity contribution is 0.744. The second-order valence-electron chi connectivity index (χ2n) is 28.2. The normalized spacial score (nSPS) is 11.7. The molecule has 3 heterocycles. The summed E-state index contributed by atoms with van der Waals surface area (Å²) >= 11 is 0. The van der Waals surface area contributed by atoms with Gasteiger partial charge in [-0.05, 0) is 215 Å². The third-order valence-corrected chi connectivity index (χ3v) is 22.3. The van der Waals surface area contributed by atoms with Gasteiger partial charge in [-0.25, -0.2) is 0 Å². The van der Waals surface area contributed by atoms with E-state index in [1.807, 2.05) is 18.2 Å². The van der Waals surface area contributed by atoms with E-state index in [2.05, 4.69) is 414 Å². The highest BCUT2D eigenvalue weighted by Crippen LogP contribution is 2.49. The third-order valence-electron chi connectivity index (χ3n) is 22.3. The lowest BCUT2D eigenvalue weighted by Gasteiger charge is -2.37. The Bertz CT molecular complexity index is 5960. The van der Waals surface area contributed by atoms with Crippen molar-refractivity contribution >= 4 is 65.4 Å². The fraction of sp³-hybridized carbons (Fsp3) is 0.00962. The summed E-state index contributed by atoms with van der Waals surface area (Å²) in [5.74, 6) is 0. The molecule has 0 fully saturated rings. The van der Waals surface area contributed by atoms with Crippen LogP contribution in [0.15, 0.2) is 413 Å². The van der Waals surface area contributed by atoms with E-state index in [0.717, 1.165) is 83.5 Å². The number of benzene rings is 17. The van der Waals surface area contributed by atoms with Gasteiger partial charge in [0.1, 0.15) is 0 Å². The lowest BCUT2D eigenvalue weighted by atomic mass is 9.65. The van der Waals surface area contributed by atoms with E-state index < -0.39 is 5.41 Å². The predicted octanol–water partition coefficient (Wildman–Crippen LogP) is 26.9. The maximum absolute atomic E-state index is 10.5. The molecule has 0 aliphatic heterocycles. The molecule has 0 aliphatic carbocycles. The van der Waals surface area contributed by atoms with E-state index in [4.69, 9.17) is 0 Å². The molecule has 20 rings (SSSR count). The standard InChI is InChI=1S/C104H68N4/c105-69-83-33-19-20-34-91(83)76-35-43-84(44-36-76)104(85-45-51-88(52-46-85)106-98-57-37-77(70-21-7-1-8-22-70)63-92(98)93-64-78(38-58-99(93)106)71-23-9-2-10-24-71,86-47-53-89(54-48-86)107-100-59-39-79(72-25-11-3-12-26-72)65-94(100)95-66-80(40-60-101(95)107)73-27-13-4-14-28-73)87-49-55-90(56-50-87)108-102-61-41-81(74-29-15-5-16-30-74)67-96(102)97-68-82(42-62-103(97)108)75-31-17-6-18-32-75/h1-68H. The number of nitriles is 1. The smallest absolute Gasteiger partial charge is 0.0998 e. The Labute approximate surface area is 627 Å². The Morgan fingerprint density at radius 3 is 0.620 bits per heavy atom. The Morgan fingerprint density at radius 1 is 0.185 bits per heavy atom. The first-order chi connectivity index (χ1) is 53.5. The van der Waals surface area contributed by atoms with E-state index in [1.165, 1.54) is 99.1 Å². The Kier molecular flexibility index (Phi) is 15.5. The second-order valence-corrected chi connectivity index (χ2v) is 28.2. The summed E-state index contributed by atoms with van der Waals surface area (Å²) in [4.78, 5) is 0. The Hall–Kier alpha value is -14.4. The SMILES string of the molecule is N#Cc1ccccc1-c1ccc(C(c2ccc(-n3c4ccc(-c5ccccc5)cc4c4cc(-c5ccccc5)ccc43)cc2)(c2ccc(-n3c4ccc(-c5ccccc5)cc4c4cc(-c5ccccc5)ccc43)cc2)c2ccc(-n3c4ccc(-c5ccccc5)cc4c4cc(-c5ccccc5)ccc43)cc2)cc1. The van der Waals surface area contributed by atoms with E-state index >= 15 is 0 Å². The van der Waals surface area contributed by atoms with Gasteiger partial charge >= 0.3 is 0 Å². The summed E-state index contributed by atoms with van der Waals surface area (Å²) in [6.45, 7) is 0. The van der Waals surface area contributed by atoms with Crippen molar-refractivity contribution in [1.29, 1.82) is 5.26 Å². The van der Waals surface area contributed by atoms with Gasteiger partial charge in [0.05, 0.1) is 50.1 Å². The van der Waals surface area contributed by atoms with Gasteiger partial charge in [-0.2, -0.15) is 5.26 Å². The molecule has 20 aromatic rings. The molecule has 0 atom stereocenters. The summed E-state index contributed by atoms with van der Waals surface area (Å²) in [5, 5.41) is 17.7. The fourth-order valence-electron chi connectivity index (χ4n) is 17.1. The van der Waals surface area contributed by atoms with Gasteiger partial charge in [0, 0.05) is 49.4 Å². The summed E-state index contributed by atoms with van der Waals surface area (Å²) in [6.07, 6.45) is 0. The number of fused-ring (bicyclic) bond motifs is 9. The van der Waals surface area contributed by atoms with Crippen LogP contribution in [0.1, 0.15) is 27.8 Å². The number of hydrogen-bond acceptors (Lipinski definition) is 1. The van der Waals surface area contributed by atoms with Gasteiger partial charge in [0.15, 0.2) is 0 Å². The monoisotopic (exact) mass is 1370 g/mol. The van der Waals surface area contributed by atoms with Crippen LogP contribution in [0.2, 0.25) is 0 Å². The van der Waals surface area contributed by atoms with Crippen LogP contribution in [-0.2, 0) is 5.41 Å². The van der Waals surface area contributed by atoms with Crippen LogP contribution in [0.3, 0.4) is 0 Å². The highest BCUT2D eigenvalue weighted by atomic mass is 15.0. The van der Waals surface area contributed by atoms with Crippen molar-refractivity contribution in [3.05, 3.63) is 440 Å². The van der Waals surface area contributed by atoms with Gasteiger partial charge < -0.3 is 13.7 Å². The number of rotatable bonds is 14. The van der Waals surface area contributed by atoms with Gasteiger partial charge in [-0.3, -0.25) is 0 Å². The highest BCUT2D eigenvalue weighted by Gasteiger charge is 2.39. The molecule has 4 heteroatoms. The molecule has 0 radical (unpaired) electrons. The second kappa shape index (κ2) is 26.4. The Morgan fingerprint density at radius 2 is 0.389 bits per heavy atom. The molecular weight excluding hydrogens is 1310 g/mol. The van der Waals surface area contributed by atoms with Crippen molar-refractivity contribution in [2.75, 3.05) is 0 Å². The topological polar surface area (TPSA) is 38.6 Å². The molecule has 3 aromatic heterocycles. The van der Waals surface area contributed by atoms with E-state index in [9.17, 15) is 5.26 Å². The van der Waals surface area contributed by atoms with Crippen LogP contribution in [0.5, 0.6) is 0 Å². The first kappa shape index (κ1) is 63.3. The fourth-order valence-corrected chi connectivity index (χ4v) is 17.1. The van der Waals surface area contributed by atoms with Gasteiger partial charge in [-0.15, -0.1) is 0 Å². The third kappa shape index (κ3) is 10.7. The summed E-state index contributed by atoms with van der Waals surface area (Å²) in [7, 11) is 0. The quantitative estimate of drug-likeness (QED) is 0.100. The number of nitrogens with zero attached hydrogens (tertiary/aromatic N) is 4. The Balaban J connectivity index is 0.810. The summed E-state index contributed by atoms with van der Waals surface area (Å²) < 4.78 is 7.33. The lowest BCUT2D eigenvalue weighted by Crippen LogP contribution is -2.31. The van der Waals surface area contributed by atoms with E-state index in [-0.39, 0.29) is 0 Å². The average Bonchev–Trinajstić information content (AvgIpc) is 1.19. The molecule has 108 heavy (non-hydrogen) atoms. The molecule has 0 N–H and O–H groups in total. The van der Waals surface area contributed by atoms with Crippen molar-refractivity contribution in [2.45, 2.75) is 5.41 Å². The number of aromatic nitrogens is 3. The van der Waals surface area contributed by atoms with Crippen molar-refractivity contribution < 1.29 is 0 Å². The van der Waals surface area contributed by atoms with Crippen LogP contribution < -0.4 is 0 Å². The number of hydrogen-bond donors (Lipinski definition) is 0. The van der Waals surface area contributed by atoms with Crippen molar-refractivity contribution in [2.24, 2.45) is 0 Å². The summed E-state index contributed by atoms with van der Waals surface area (Å²) in [5.41, 5.74) is 29.9. The molecule has 0 saturated carbocycles. The zero-order valence-corrected chi connectivity index (χ0v) is 59.0. The minimum Gasteiger partial charge on any atom is -0.309 e. The van der Waals surface area contributed by atoms with Crippen molar-refractivity contribution in [3.8, 4) is 101 Å². The zero-order chi connectivity index (χ0) is 71.7. The minimum absolute atomic E-state index is 0.631. The molecular formula is C104H68N4. The predicted molar refractivity (Wildman–Crippen MR) is 451 cm³/mol. The first-order valence-corrected chi connectivity index (χ1v) is 37.0. The maximum Gasteiger partial charge on any atom is 0.0998 e. The van der Waals surface area contributed by atoms with E-state index in [0.29, 0.717) is 5.56 Å². The molecule has 17 aromatic carbocycles. The average molecular weight is 1370 g/mol. The van der Waals surface area contributed by atoms with E-state index in [1.54, 1.807) is 0 Å². The van der Waals surface area contributed by atoms with Crippen LogP contribution in [0, 0.1) is 11.3 Å². The van der Waals surface area contributed by atoms with Crippen molar-refractivity contribution in [3.63, 3.8) is 0 Å². The molecule has 0 unspecified atom stereocenters. The highest BCUT2D eigenvalue weighted by molar-refractivity contribution is 6.14. The molecule has 0 spiro atoms. The van der Waals surface area contributed by atoms with Crippen LogP contribution in [0.4, 0.5) is 0 Å². The van der Waals surface area contributed by atoms with Gasteiger partial charge in [-0.1, -0.05) is 297 Å². The molecule has 0 aliphatic rings. The largest absolute Gasteiger partial charge is 0.309 e. The van der Waals surface area contributed by atoms with Gasteiger partial charge in [0.2, 0.25) is 0 Å². The molecule has 504 valence electrons. The minimum atomic E-state index is -0.940. The molecule has 0 bridgehead atoms.